The smallest absolute Gasteiger partial charge is 0.385 e. The topological polar surface area (TPSA) is 83.2 Å². The average Bonchev–Trinajstić information content (AvgIpc) is 2.85. The first-order valence-corrected chi connectivity index (χ1v) is 5.63. The van der Waals surface area contributed by atoms with Crippen molar-refractivity contribution >= 4 is 5.84 Å². The Morgan fingerprint density at radius 2 is 2.22 bits per heavy atom. The highest BCUT2D eigenvalue weighted by Crippen LogP contribution is 2.35. The third-order valence-electron chi connectivity index (χ3n) is 3.08. The summed E-state index contributed by atoms with van der Waals surface area (Å²) in [6, 6.07) is -0.118. The minimum atomic E-state index is -4.40. The van der Waals surface area contributed by atoms with E-state index in [1.807, 2.05) is 0 Å². The lowest BCUT2D eigenvalue weighted by molar-refractivity contribution is -0.159. The van der Waals surface area contributed by atoms with Gasteiger partial charge in [-0.2, -0.15) is 13.2 Å². The van der Waals surface area contributed by atoms with Gasteiger partial charge in [-0.1, -0.05) is 0 Å². The second kappa shape index (κ2) is 4.68. The molecule has 2 unspecified atom stereocenters. The maximum absolute atomic E-state index is 12.8. The molecule has 0 amide bonds. The van der Waals surface area contributed by atoms with Crippen LogP contribution in [0, 0.1) is 11.3 Å². The molecule has 5 nitrogen and oxygen atoms in total. The number of nitrogens with two attached hydrogens (primary N) is 1. The molecule has 0 aromatic carbocycles. The van der Waals surface area contributed by atoms with Crippen LogP contribution in [0.15, 0.2) is 11.4 Å². The van der Waals surface area contributed by atoms with Gasteiger partial charge in [-0.25, -0.2) is 0 Å². The van der Waals surface area contributed by atoms with E-state index in [1.54, 1.807) is 0 Å². The van der Waals surface area contributed by atoms with Crippen molar-refractivity contribution in [3.63, 3.8) is 0 Å². The van der Waals surface area contributed by atoms with Crippen LogP contribution in [0.25, 0.3) is 0 Å². The monoisotopic (exact) mass is 264 g/mol. The summed E-state index contributed by atoms with van der Waals surface area (Å²) in [4.78, 5) is 0. The van der Waals surface area contributed by atoms with Crippen LogP contribution in [0.3, 0.4) is 0 Å². The van der Waals surface area contributed by atoms with E-state index in [-0.39, 0.29) is 29.8 Å². The van der Waals surface area contributed by atoms with Crippen molar-refractivity contribution in [2.24, 2.45) is 11.7 Å². The molecule has 2 heterocycles. The Hall–Kier alpha value is -1.44. The lowest BCUT2D eigenvalue weighted by Gasteiger charge is -2.20. The standard InChI is InChI=1S/C10H15F3N4O/c11-10(12,13)6-3-16-8(14)7(6)9(15)17-5-1-2-18-4-5/h5-6,16H,1-4,14H2,(H2,15,17). The third-order valence-corrected chi connectivity index (χ3v) is 3.08. The van der Waals surface area contributed by atoms with Gasteiger partial charge in [0.15, 0.2) is 0 Å². The number of ether oxygens (including phenoxy) is 1. The van der Waals surface area contributed by atoms with E-state index in [1.165, 1.54) is 0 Å². The molecule has 2 aliphatic heterocycles. The van der Waals surface area contributed by atoms with Gasteiger partial charge in [-0.3, -0.25) is 5.41 Å². The van der Waals surface area contributed by atoms with Crippen LogP contribution >= 0.6 is 0 Å². The van der Waals surface area contributed by atoms with Gasteiger partial charge < -0.3 is 21.1 Å². The number of hydrogen-bond donors (Lipinski definition) is 4. The zero-order chi connectivity index (χ0) is 13.3. The van der Waals surface area contributed by atoms with Crippen LogP contribution in [-0.2, 0) is 4.74 Å². The van der Waals surface area contributed by atoms with E-state index < -0.39 is 12.1 Å². The minimum Gasteiger partial charge on any atom is -0.385 e. The highest BCUT2D eigenvalue weighted by molar-refractivity contribution is 5.97. The molecule has 0 saturated carbocycles. The van der Waals surface area contributed by atoms with E-state index in [4.69, 9.17) is 15.9 Å². The predicted molar refractivity (Wildman–Crippen MR) is 58.8 cm³/mol. The molecule has 1 saturated heterocycles. The first kappa shape index (κ1) is 13.0. The predicted octanol–water partition coefficient (Wildman–Crippen LogP) is 0.294. The largest absolute Gasteiger partial charge is 0.397 e. The highest BCUT2D eigenvalue weighted by Gasteiger charge is 2.47. The molecule has 8 heteroatoms. The Morgan fingerprint density at radius 3 is 2.78 bits per heavy atom. The highest BCUT2D eigenvalue weighted by atomic mass is 19.4. The Morgan fingerprint density at radius 1 is 1.50 bits per heavy atom. The normalized spacial score (nSPS) is 28.4. The maximum atomic E-state index is 12.8. The van der Waals surface area contributed by atoms with Gasteiger partial charge in [0.05, 0.1) is 12.6 Å². The van der Waals surface area contributed by atoms with Crippen LogP contribution in [0.1, 0.15) is 6.42 Å². The number of amidine groups is 1. The van der Waals surface area contributed by atoms with Gasteiger partial charge in [0, 0.05) is 18.7 Å². The number of nitrogens with one attached hydrogen (secondary N) is 3. The van der Waals surface area contributed by atoms with Gasteiger partial charge in [-0.05, 0) is 6.42 Å². The van der Waals surface area contributed by atoms with E-state index >= 15 is 0 Å². The fourth-order valence-electron chi connectivity index (χ4n) is 2.12. The number of hydrogen-bond acceptors (Lipinski definition) is 4. The molecular weight excluding hydrogens is 249 g/mol. The van der Waals surface area contributed by atoms with Crippen LogP contribution < -0.4 is 16.4 Å². The summed E-state index contributed by atoms with van der Waals surface area (Å²) < 4.78 is 43.4. The molecule has 2 rings (SSSR count). The molecule has 0 aromatic heterocycles. The molecule has 0 aromatic rings. The summed E-state index contributed by atoms with van der Waals surface area (Å²) in [5.74, 6) is -2.07. The molecule has 2 aliphatic rings. The van der Waals surface area contributed by atoms with Crippen molar-refractivity contribution < 1.29 is 17.9 Å². The molecule has 0 aliphatic carbocycles. The fraction of sp³-hybridized carbons (Fsp3) is 0.700. The number of rotatable bonds is 2. The molecule has 102 valence electrons. The van der Waals surface area contributed by atoms with Crippen LogP contribution in [0.4, 0.5) is 13.2 Å². The molecule has 1 fully saturated rings. The van der Waals surface area contributed by atoms with E-state index in [0.29, 0.717) is 19.6 Å². The van der Waals surface area contributed by atoms with E-state index in [2.05, 4.69) is 10.6 Å². The SMILES string of the molecule is N=C(NC1CCOC1)C1=C(N)NCC1C(F)(F)F. The van der Waals surface area contributed by atoms with Crippen molar-refractivity contribution in [2.45, 2.75) is 18.6 Å². The first-order chi connectivity index (χ1) is 8.39. The van der Waals surface area contributed by atoms with Gasteiger partial charge in [0.1, 0.15) is 17.6 Å². The van der Waals surface area contributed by atoms with Crippen molar-refractivity contribution in [2.75, 3.05) is 19.8 Å². The van der Waals surface area contributed by atoms with Crippen molar-refractivity contribution in [3.8, 4) is 0 Å². The van der Waals surface area contributed by atoms with Crippen LogP contribution in [0.5, 0.6) is 0 Å². The second-order valence-electron chi connectivity index (χ2n) is 4.38. The molecule has 2 atom stereocenters. The Kier molecular flexibility index (Phi) is 3.38. The summed E-state index contributed by atoms with van der Waals surface area (Å²) in [7, 11) is 0. The average molecular weight is 264 g/mol. The second-order valence-corrected chi connectivity index (χ2v) is 4.38. The summed E-state index contributed by atoms with van der Waals surface area (Å²) in [5.41, 5.74) is 5.30. The van der Waals surface area contributed by atoms with Crippen molar-refractivity contribution in [3.05, 3.63) is 11.4 Å². The Bertz CT molecular complexity index is 374. The zero-order valence-electron chi connectivity index (χ0n) is 9.60. The molecule has 18 heavy (non-hydrogen) atoms. The summed E-state index contributed by atoms with van der Waals surface area (Å²) >= 11 is 0. The van der Waals surface area contributed by atoms with Gasteiger partial charge in [0.25, 0.3) is 0 Å². The molecular formula is C10H15F3N4O. The first-order valence-electron chi connectivity index (χ1n) is 5.63. The summed E-state index contributed by atoms with van der Waals surface area (Å²) in [6.45, 7) is 0.649. The van der Waals surface area contributed by atoms with E-state index in [9.17, 15) is 13.2 Å². The number of halogens is 3. The summed E-state index contributed by atoms with van der Waals surface area (Å²) in [5, 5.41) is 12.9. The fourth-order valence-corrected chi connectivity index (χ4v) is 2.12. The number of alkyl halides is 3. The van der Waals surface area contributed by atoms with Gasteiger partial charge in [0.2, 0.25) is 0 Å². The van der Waals surface area contributed by atoms with Gasteiger partial charge >= 0.3 is 6.18 Å². The van der Waals surface area contributed by atoms with Crippen molar-refractivity contribution in [1.82, 2.24) is 10.6 Å². The third kappa shape index (κ3) is 2.53. The molecule has 0 radical (unpaired) electrons. The lowest BCUT2D eigenvalue weighted by Crippen LogP contribution is -2.40. The molecule has 0 bridgehead atoms. The Labute approximate surface area is 102 Å². The molecule has 5 N–H and O–H groups in total. The molecule has 0 spiro atoms. The summed E-state index contributed by atoms with van der Waals surface area (Å²) in [6.07, 6.45) is -3.72. The van der Waals surface area contributed by atoms with Crippen LogP contribution in [0.2, 0.25) is 0 Å². The zero-order valence-corrected chi connectivity index (χ0v) is 9.60. The van der Waals surface area contributed by atoms with Crippen LogP contribution in [-0.4, -0.2) is 37.8 Å². The minimum absolute atomic E-state index is 0.0752. The maximum Gasteiger partial charge on any atom is 0.397 e. The Balaban J connectivity index is 2.09. The van der Waals surface area contributed by atoms with Crippen molar-refractivity contribution in [1.29, 1.82) is 5.41 Å². The quantitative estimate of drug-likeness (QED) is 0.427. The lowest BCUT2D eigenvalue weighted by atomic mass is 10.00. The van der Waals surface area contributed by atoms with E-state index in [0.717, 1.165) is 0 Å². The van der Waals surface area contributed by atoms with Gasteiger partial charge in [-0.15, -0.1) is 0 Å².